The summed E-state index contributed by atoms with van der Waals surface area (Å²) in [4.78, 5) is 0. The predicted octanol–water partition coefficient (Wildman–Crippen LogP) is 3.52. The van der Waals surface area contributed by atoms with Crippen LogP contribution in [-0.4, -0.2) is 5.56 Å². The van der Waals surface area contributed by atoms with Crippen molar-refractivity contribution >= 4 is 11.6 Å². The Morgan fingerprint density at radius 2 is 2.00 bits per heavy atom. The Morgan fingerprint density at radius 1 is 1.40 bits per heavy atom. The predicted molar refractivity (Wildman–Crippen MR) is 49.5 cm³/mol. The lowest BCUT2D eigenvalue weighted by atomic mass is 9.99. The molecule has 5 heteroatoms. The molecule has 1 nitrogen and oxygen atoms in total. The molecule has 0 saturated carbocycles. The highest BCUT2D eigenvalue weighted by molar-refractivity contribution is 6.22. The minimum atomic E-state index is -4.33. The molecule has 0 radical (unpaired) electrons. The van der Waals surface area contributed by atoms with Crippen molar-refractivity contribution in [3.8, 4) is 0 Å². The van der Waals surface area contributed by atoms with E-state index in [0.29, 0.717) is 5.56 Å². The molecule has 1 aromatic carbocycles. The second kappa shape index (κ2) is 3.12. The third-order valence-electron chi connectivity index (χ3n) is 2.49. The molecule has 0 N–H and O–H groups in total. The third kappa shape index (κ3) is 1.84. The fourth-order valence-corrected chi connectivity index (χ4v) is 1.70. The summed E-state index contributed by atoms with van der Waals surface area (Å²) in [5, 5.41) is 0. The number of halogens is 4. The Labute approximate surface area is 89.8 Å². The van der Waals surface area contributed by atoms with Crippen molar-refractivity contribution in [2.75, 3.05) is 0 Å². The highest BCUT2D eigenvalue weighted by Crippen LogP contribution is 2.48. The van der Waals surface area contributed by atoms with Crippen LogP contribution < -0.4 is 0 Å². The van der Waals surface area contributed by atoms with Crippen molar-refractivity contribution in [1.82, 2.24) is 0 Å². The summed E-state index contributed by atoms with van der Waals surface area (Å²) in [5.41, 5.74) is -1.54. The number of hydrogen-bond acceptors (Lipinski definition) is 1. The van der Waals surface area contributed by atoms with Gasteiger partial charge in [-0.3, -0.25) is 0 Å². The summed E-state index contributed by atoms with van der Waals surface area (Å²) < 4.78 is 42.3. The van der Waals surface area contributed by atoms with Crippen molar-refractivity contribution in [2.45, 2.75) is 24.3 Å². The van der Waals surface area contributed by atoms with E-state index in [9.17, 15) is 13.2 Å². The average Bonchev–Trinajstić information content (AvgIpc) is 2.75. The van der Waals surface area contributed by atoms with Gasteiger partial charge < -0.3 is 4.74 Å². The van der Waals surface area contributed by atoms with Gasteiger partial charge in [0.1, 0.15) is 5.60 Å². The molecule has 0 bridgehead atoms. The lowest BCUT2D eigenvalue weighted by Gasteiger charge is -2.10. The van der Waals surface area contributed by atoms with Gasteiger partial charge in [-0.25, -0.2) is 0 Å². The minimum Gasteiger partial charge on any atom is -0.344 e. The summed E-state index contributed by atoms with van der Waals surface area (Å²) >= 11 is 5.69. The van der Waals surface area contributed by atoms with Gasteiger partial charge in [0.15, 0.2) is 5.56 Å². The van der Waals surface area contributed by atoms with E-state index in [-0.39, 0.29) is 0 Å². The van der Waals surface area contributed by atoms with Crippen LogP contribution in [0.1, 0.15) is 18.1 Å². The summed E-state index contributed by atoms with van der Waals surface area (Å²) in [6.07, 6.45) is -4.33. The first-order valence-electron chi connectivity index (χ1n) is 4.34. The van der Waals surface area contributed by atoms with Crippen molar-refractivity contribution in [3.05, 3.63) is 35.4 Å². The summed E-state index contributed by atoms with van der Waals surface area (Å²) in [6, 6.07) is 5.03. The van der Waals surface area contributed by atoms with Gasteiger partial charge in [0.25, 0.3) is 0 Å². The first kappa shape index (κ1) is 10.8. The lowest BCUT2D eigenvalue weighted by Crippen LogP contribution is -2.09. The maximum atomic E-state index is 12.4. The van der Waals surface area contributed by atoms with E-state index in [1.165, 1.54) is 6.07 Å². The van der Waals surface area contributed by atoms with Gasteiger partial charge in [-0.05, 0) is 24.6 Å². The van der Waals surface area contributed by atoms with Gasteiger partial charge in [0, 0.05) is 0 Å². The van der Waals surface area contributed by atoms with Gasteiger partial charge in [-0.15, -0.1) is 0 Å². The fraction of sp³-hybridized carbons (Fsp3) is 0.400. The molecule has 1 fully saturated rings. The zero-order valence-electron chi connectivity index (χ0n) is 7.81. The average molecular weight is 237 g/mol. The number of hydrogen-bond donors (Lipinski definition) is 0. The topological polar surface area (TPSA) is 12.5 Å². The molecule has 15 heavy (non-hydrogen) atoms. The number of epoxide rings is 1. The van der Waals surface area contributed by atoms with E-state index in [1.807, 2.05) is 0 Å². The van der Waals surface area contributed by atoms with Gasteiger partial charge >= 0.3 is 6.18 Å². The van der Waals surface area contributed by atoms with Gasteiger partial charge in [-0.2, -0.15) is 13.2 Å². The highest BCUT2D eigenvalue weighted by Gasteiger charge is 2.53. The Bertz CT molecular complexity index is 390. The van der Waals surface area contributed by atoms with E-state index in [0.717, 1.165) is 12.1 Å². The molecule has 2 unspecified atom stereocenters. The molecule has 0 spiro atoms. The molecular weight excluding hydrogens is 229 g/mol. The molecule has 0 aromatic heterocycles. The first-order valence-corrected chi connectivity index (χ1v) is 4.77. The molecule has 1 saturated heterocycles. The molecule has 1 heterocycles. The fourth-order valence-electron chi connectivity index (χ4n) is 1.38. The van der Waals surface area contributed by atoms with Crippen LogP contribution in [-0.2, 0) is 16.5 Å². The Hall–Kier alpha value is -0.740. The third-order valence-corrected chi connectivity index (χ3v) is 2.99. The lowest BCUT2D eigenvalue weighted by molar-refractivity contribution is -0.137. The van der Waals surface area contributed by atoms with Gasteiger partial charge in [0.2, 0.25) is 0 Å². The molecule has 2 rings (SSSR count). The quantitative estimate of drug-likeness (QED) is 0.537. The maximum Gasteiger partial charge on any atom is 0.416 e. The molecular formula is C10H8ClF3O. The highest BCUT2D eigenvalue weighted by atomic mass is 35.5. The number of rotatable bonds is 1. The molecule has 2 atom stereocenters. The number of ether oxygens (including phenoxy) is 1. The normalized spacial score (nSPS) is 30.3. The van der Waals surface area contributed by atoms with Crippen LogP contribution in [0.5, 0.6) is 0 Å². The zero-order valence-corrected chi connectivity index (χ0v) is 8.56. The van der Waals surface area contributed by atoms with E-state index in [2.05, 4.69) is 0 Å². The smallest absolute Gasteiger partial charge is 0.344 e. The van der Waals surface area contributed by atoms with Crippen molar-refractivity contribution in [1.29, 1.82) is 0 Å². The zero-order chi connectivity index (χ0) is 11.3. The van der Waals surface area contributed by atoms with Crippen LogP contribution >= 0.6 is 11.6 Å². The van der Waals surface area contributed by atoms with Crippen LogP contribution in [0, 0.1) is 0 Å². The number of benzene rings is 1. The van der Waals surface area contributed by atoms with Crippen LogP contribution in [0.4, 0.5) is 13.2 Å². The van der Waals surface area contributed by atoms with Crippen LogP contribution in [0.25, 0.3) is 0 Å². The van der Waals surface area contributed by atoms with E-state index < -0.39 is 22.9 Å². The van der Waals surface area contributed by atoms with Crippen LogP contribution in [0.3, 0.4) is 0 Å². The monoisotopic (exact) mass is 236 g/mol. The SMILES string of the molecule is CC1(c2cccc(C(F)(F)F)c2)OC1Cl. The first-order chi connectivity index (χ1) is 6.84. The van der Waals surface area contributed by atoms with Crippen LogP contribution in [0.15, 0.2) is 24.3 Å². The minimum absolute atomic E-state index is 0.456. The molecule has 1 aliphatic rings. The summed E-state index contributed by atoms with van der Waals surface area (Å²) in [6.45, 7) is 1.67. The molecule has 1 aliphatic heterocycles. The maximum absolute atomic E-state index is 12.4. The van der Waals surface area contributed by atoms with Crippen molar-refractivity contribution < 1.29 is 17.9 Å². The van der Waals surface area contributed by atoms with E-state index >= 15 is 0 Å². The molecule has 1 aromatic rings. The molecule has 82 valence electrons. The summed E-state index contributed by atoms with van der Waals surface area (Å²) in [5.74, 6) is 0. The standard InChI is InChI=1S/C10H8ClF3O/c1-9(8(11)15-9)6-3-2-4-7(5-6)10(12,13)14/h2-5,8H,1H3. The van der Waals surface area contributed by atoms with Crippen molar-refractivity contribution in [2.24, 2.45) is 0 Å². The molecule has 0 amide bonds. The second-order valence-electron chi connectivity index (χ2n) is 3.62. The van der Waals surface area contributed by atoms with E-state index in [4.69, 9.17) is 16.3 Å². The van der Waals surface area contributed by atoms with Gasteiger partial charge in [-0.1, -0.05) is 23.7 Å². The number of alkyl halides is 4. The van der Waals surface area contributed by atoms with Crippen molar-refractivity contribution in [3.63, 3.8) is 0 Å². The second-order valence-corrected chi connectivity index (χ2v) is 4.02. The van der Waals surface area contributed by atoms with Crippen LogP contribution in [0.2, 0.25) is 0 Å². The Morgan fingerprint density at radius 3 is 2.47 bits per heavy atom. The molecule has 0 aliphatic carbocycles. The summed E-state index contributed by atoms with van der Waals surface area (Å²) in [7, 11) is 0. The Kier molecular flexibility index (Phi) is 2.24. The van der Waals surface area contributed by atoms with E-state index in [1.54, 1.807) is 13.0 Å². The van der Waals surface area contributed by atoms with Gasteiger partial charge in [0.05, 0.1) is 5.56 Å². The Balaban J connectivity index is 2.36. The largest absolute Gasteiger partial charge is 0.416 e.